The minimum Gasteiger partial charge on any atom is -0.479 e. The first-order valence-electron chi connectivity index (χ1n) is 10.1. The van der Waals surface area contributed by atoms with Gasteiger partial charge in [0.15, 0.2) is 6.10 Å². The number of anilines is 2. The van der Waals surface area contributed by atoms with E-state index in [1.54, 1.807) is 42.5 Å². The Kier molecular flexibility index (Phi) is 6.25. The highest BCUT2D eigenvalue weighted by molar-refractivity contribution is 7.09. The van der Waals surface area contributed by atoms with Crippen molar-refractivity contribution in [3.63, 3.8) is 0 Å². The molecule has 6 nitrogen and oxygen atoms in total. The van der Waals surface area contributed by atoms with E-state index in [9.17, 15) is 9.59 Å². The van der Waals surface area contributed by atoms with Crippen LogP contribution in [0.4, 0.5) is 11.4 Å². The van der Waals surface area contributed by atoms with Crippen LogP contribution in [0.2, 0.25) is 5.02 Å². The molecule has 0 saturated heterocycles. The van der Waals surface area contributed by atoms with Gasteiger partial charge in [0, 0.05) is 21.7 Å². The predicted molar refractivity (Wildman–Crippen MR) is 124 cm³/mol. The molecule has 4 rings (SSSR count). The number of aromatic nitrogens is 1. The van der Waals surface area contributed by atoms with Crippen molar-refractivity contribution in [2.45, 2.75) is 32.8 Å². The standard InChI is InChI=1S/C23H22ClN3O3S/c1-3-5-22-26-18(13-31-22)15-8-9-20-19(10-15)27(23(29)14(2)30-20)12-21(28)25-17-7-4-6-16(24)11-17/h4,6-11,13-14H,3,5,12H2,1-2H3,(H,25,28). The first-order chi connectivity index (χ1) is 14.9. The summed E-state index contributed by atoms with van der Waals surface area (Å²) in [6.45, 7) is 3.67. The Balaban J connectivity index is 1.60. The van der Waals surface area contributed by atoms with Gasteiger partial charge in [-0.1, -0.05) is 24.6 Å². The summed E-state index contributed by atoms with van der Waals surface area (Å²) in [4.78, 5) is 31.7. The zero-order valence-corrected chi connectivity index (χ0v) is 18.8. The molecule has 1 aromatic heterocycles. The molecular formula is C23H22ClN3O3S. The van der Waals surface area contributed by atoms with E-state index in [0.717, 1.165) is 29.1 Å². The molecule has 1 aliphatic rings. The highest BCUT2D eigenvalue weighted by atomic mass is 35.5. The SMILES string of the molecule is CCCc1nc(-c2ccc3c(c2)N(CC(=O)Nc2cccc(Cl)c2)C(=O)C(C)O3)cs1. The molecule has 0 bridgehead atoms. The molecule has 31 heavy (non-hydrogen) atoms. The van der Waals surface area contributed by atoms with Crippen LogP contribution in [-0.4, -0.2) is 29.4 Å². The smallest absolute Gasteiger partial charge is 0.268 e. The van der Waals surface area contributed by atoms with Crippen LogP contribution < -0.4 is 15.0 Å². The van der Waals surface area contributed by atoms with E-state index in [4.69, 9.17) is 16.3 Å². The van der Waals surface area contributed by atoms with Crippen molar-refractivity contribution in [2.75, 3.05) is 16.8 Å². The number of halogens is 1. The third-order valence-electron chi connectivity index (χ3n) is 4.89. The van der Waals surface area contributed by atoms with E-state index in [1.165, 1.54) is 4.90 Å². The van der Waals surface area contributed by atoms with Gasteiger partial charge in [0.1, 0.15) is 12.3 Å². The van der Waals surface area contributed by atoms with Crippen molar-refractivity contribution in [3.05, 3.63) is 57.9 Å². The first-order valence-corrected chi connectivity index (χ1v) is 11.3. The Labute approximate surface area is 189 Å². The van der Waals surface area contributed by atoms with Crippen LogP contribution in [-0.2, 0) is 16.0 Å². The van der Waals surface area contributed by atoms with Gasteiger partial charge in [-0.15, -0.1) is 11.3 Å². The number of ether oxygens (including phenoxy) is 1. The van der Waals surface area contributed by atoms with Gasteiger partial charge in [-0.3, -0.25) is 14.5 Å². The number of carbonyl (C=O) groups is 2. The highest BCUT2D eigenvalue weighted by Crippen LogP contribution is 2.37. The van der Waals surface area contributed by atoms with Gasteiger partial charge in [0.2, 0.25) is 5.91 Å². The zero-order chi connectivity index (χ0) is 22.0. The van der Waals surface area contributed by atoms with E-state index < -0.39 is 6.10 Å². The largest absolute Gasteiger partial charge is 0.479 e. The molecule has 1 unspecified atom stereocenters. The van der Waals surface area contributed by atoms with Crippen LogP contribution in [0, 0.1) is 0 Å². The number of hydrogen-bond acceptors (Lipinski definition) is 5. The van der Waals surface area contributed by atoms with Gasteiger partial charge in [0.25, 0.3) is 5.91 Å². The molecule has 0 spiro atoms. The van der Waals surface area contributed by atoms with E-state index in [1.807, 2.05) is 23.6 Å². The summed E-state index contributed by atoms with van der Waals surface area (Å²) < 4.78 is 5.77. The van der Waals surface area contributed by atoms with Crippen molar-refractivity contribution in [2.24, 2.45) is 0 Å². The van der Waals surface area contributed by atoms with Crippen LogP contribution >= 0.6 is 22.9 Å². The maximum absolute atomic E-state index is 12.9. The minimum atomic E-state index is -0.673. The topological polar surface area (TPSA) is 71.5 Å². The second kappa shape index (κ2) is 9.08. The molecule has 1 aliphatic heterocycles. The maximum atomic E-state index is 12.9. The lowest BCUT2D eigenvalue weighted by Crippen LogP contribution is -2.47. The number of hydrogen-bond donors (Lipinski definition) is 1. The van der Waals surface area contributed by atoms with Gasteiger partial charge in [0.05, 0.1) is 16.4 Å². The van der Waals surface area contributed by atoms with Crippen LogP contribution in [0.15, 0.2) is 47.8 Å². The molecule has 160 valence electrons. The lowest BCUT2D eigenvalue weighted by atomic mass is 10.1. The average Bonchev–Trinajstić information content (AvgIpc) is 3.20. The van der Waals surface area contributed by atoms with Crippen molar-refractivity contribution >= 4 is 46.1 Å². The number of amides is 2. The molecule has 8 heteroatoms. The van der Waals surface area contributed by atoms with Crippen LogP contribution in [0.25, 0.3) is 11.3 Å². The van der Waals surface area contributed by atoms with Crippen LogP contribution in [0.1, 0.15) is 25.3 Å². The summed E-state index contributed by atoms with van der Waals surface area (Å²) in [5.74, 6) is -0.0220. The Morgan fingerprint density at radius 1 is 1.29 bits per heavy atom. The number of nitrogens with zero attached hydrogens (tertiary/aromatic N) is 2. The lowest BCUT2D eigenvalue weighted by molar-refractivity contribution is -0.127. The molecule has 0 fully saturated rings. The highest BCUT2D eigenvalue weighted by Gasteiger charge is 2.33. The number of thiazole rings is 1. The molecule has 2 amide bonds. The molecule has 1 atom stereocenters. The predicted octanol–water partition coefficient (Wildman–Crippen LogP) is 5.17. The molecule has 1 N–H and O–H groups in total. The number of nitrogens with one attached hydrogen (secondary N) is 1. The minimum absolute atomic E-state index is 0.131. The maximum Gasteiger partial charge on any atom is 0.268 e. The van der Waals surface area contributed by atoms with E-state index in [0.29, 0.717) is 22.1 Å². The van der Waals surface area contributed by atoms with Crippen molar-refractivity contribution < 1.29 is 14.3 Å². The Hall–Kier alpha value is -2.90. The average molecular weight is 456 g/mol. The summed E-state index contributed by atoms with van der Waals surface area (Å²) in [6, 6.07) is 12.5. The van der Waals surface area contributed by atoms with E-state index in [-0.39, 0.29) is 18.4 Å². The van der Waals surface area contributed by atoms with Crippen molar-refractivity contribution in [3.8, 4) is 17.0 Å². The molecule has 0 radical (unpaired) electrons. The van der Waals surface area contributed by atoms with Gasteiger partial charge in [-0.2, -0.15) is 0 Å². The van der Waals surface area contributed by atoms with Crippen LogP contribution in [0.5, 0.6) is 5.75 Å². The summed E-state index contributed by atoms with van der Waals surface area (Å²) in [5, 5.41) is 6.40. The fraction of sp³-hybridized carbons (Fsp3) is 0.261. The van der Waals surface area contributed by atoms with Gasteiger partial charge < -0.3 is 10.1 Å². The summed E-state index contributed by atoms with van der Waals surface area (Å²) in [5.41, 5.74) is 2.87. The number of rotatable bonds is 6. The van der Waals surface area contributed by atoms with Crippen molar-refractivity contribution in [1.82, 2.24) is 4.98 Å². The van der Waals surface area contributed by atoms with Gasteiger partial charge in [-0.05, 0) is 56.2 Å². The number of aryl methyl sites for hydroxylation is 1. The quantitative estimate of drug-likeness (QED) is 0.556. The van der Waals surface area contributed by atoms with E-state index >= 15 is 0 Å². The zero-order valence-electron chi connectivity index (χ0n) is 17.2. The monoisotopic (exact) mass is 455 g/mol. The second-order valence-electron chi connectivity index (χ2n) is 7.30. The summed E-state index contributed by atoms with van der Waals surface area (Å²) >= 11 is 7.61. The number of fused-ring (bicyclic) bond motifs is 1. The van der Waals surface area contributed by atoms with Gasteiger partial charge >= 0.3 is 0 Å². The Bertz CT molecular complexity index is 1130. The first kappa shape index (κ1) is 21.3. The third kappa shape index (κ3) is 4.73. The molecule has 2 heterocycles. The molecular weight excluding hydrogens is 434 g/mol. The van der Waals surface area contributed by atoms with Crippen molar-refractivity contribution in [1.29, 1.82) is 0 Å². The summed E-state index contributed by atoms with van der Waals surface area (Å²) in [7, 11) is 0. The summed E-state index contributed by atoms with van der Waals surface area (Å²) in [6.07, 6.45) is 1.30. The Morgan fingerprint density at radius 3 is 2.90 bits per heavy atom. The van der Waals surface area contributed by atoms with Gasteiger partial charge in [-0.25, -0.2) is 4.98 Å². The molecule has 0 saturated carbocycles. The molecule has 2 aromatic carbocycles. The third-order valence-corrected chi connectivity index (χ3v) is 6.03. The normalized spacial score (nSPS) is 15.4. The fourth-order valence-electron chi connectivity index (χ4n) is 3.41. The van der Waals surface area contributed by atoms with E-state index in [2.05, 4.69) is 17.2 Å². The fourth-order valence-corrected chi connectivity index (χ4v) is 4.51. The van der Waals surface area contributed by atoms with Crippen LogP contribution in [0.3, 0.4) is 0 Å². The lowest BCUT2D eigenvalue weighted by Gasteiger charge is -2.32. The number of benzene rings is 2. The molecule has 3 aromatic rings. The Morgan fingerprint density at radius 2 is 2.13 bits per heavy atom. The molecule has 0 aliphatic carbocycles. The second-order valence-corrected chi connectivity index (χ2v) is 8.68. The number of carbonyl (C=O) groups excluding carboxylic acids is 2.